The predicted molar refractivity (Wildman–Crippen MR) is 83.6 cm³/mol. The fourth-order valence-electron chi connectivity index (χ4n) is 1.71. The summed E-state index contributed by atoms with van der Waals surface area (Å²) in [4.78, 5) is 11.7. The summed E-state index contributed by atoms with van der Waals surface area (Å²) in [6, 6.07) is 4.12. The first-order valence-corrected chi connectivity index (χ1v) is 7.15. The molecule has 1 heterocycles. The molecule has 1 aromatic heterocycles. The van der Waals surface area contributed by atoms with Crippen LogP contribution in [0.1, 0.15) is 12.8 Å². The van der Waals surface area contributed by atoms with Crippen LogP contribution in [0.4, 0.5) is 15.8 Å². The van der Waals surface area contributed by atoms with Crippen molar-refractivity contribution in [3.05, 3.63) is 40.0 Å². The number of hydrogen-bond acceptors (Lipinski definition) is 3. The van der Waals surface area contributed by atoms with E-state index < -0.39 is 5.82 Å². The third-order valence-corrected chi connectivity index (χ3v) is 3.23. The van der Waals surface area contributed by atoms with Crippen LogP contribution in [-0.4, -0.2) is 15.7 Å². The zero-order valence-electron chi connectivity index (χ0n) is 10.6. The van der Waals surface area contributed by atoms with Crippen molar-refractivity contribution in [3.8, 4) is 0 Å². The number of nitrogens with two attached hydrogens (primary N) is 1. The molecule has 0 aliphatic rings. The van der Waals surface area contributed by atoms with Crippen LogP contribution in [0.5, 0.6) is 0 Å². The molecule has 0 atom stereocenters. The van der Waals surface area contributed by atoms with Crippen molar-refractivity contribution in [1.29, 1.82) is 0 Å². The number of amides is 1. The second-order valence-corrected chi connectivity index (χ2v) is 5.56. The molecule has 0 saturated carbocycles. The van der Waals surface area contributed by atoms with Gasteiger partial charge in [-0.25, -0.2) is 4.39 Å². The van der Waals surface area contributed by atoms with Crippen molar-refractivity contribution in [3.63, 3.8) is 0 Å². The Balaban J connectivity index is 1.79. The van der Waals surface area contributed by atoms with E-state index in [1.54, 1.807) is 10.9 Å². The molecule has 0 radical (unpaired) electrons. The van der Waals surface area contributed by atoms with Gasteiger partial charge in [-0.2, -0.15) is 5.10 Å². The molecule has 1 amide bonds. The molecular weight excluding hydrogens is 374 g/mol. The molecule has 20 heavy (non-hydrogen) atoms. The van der Waals surface area contributed by atoms with Crippen LogP contribution in [0.25, 0.3) is 0 Å². The van der Waals surface area contributed by atoms with Gasteiger partial charge in [-0.05, 0) is 47.2 Å². The lowest BCUT2D eigenvalue weighted by molar-refractivity contribution is -0.116. The molecule has 106 valence electrons. The second-order valence-electron chi connectivity index (χ2n) is 4.31. The highest BCUT2D eigenvalue weighted by molar-refractivity contribution is 14.1. The minimum atomic E-state index is -0.490. The highest BCUT2D eigenvalue weighted by atomic mass is 127. The molecule has 5 nitrogen and oxygen atoms in total. The van der Waals surface area contributed by atoms with Gasteiger partial charge in [0.2, 0.25) is 5.91 Å². The van der Waals surface area contributed by atoms with E-state index >= 15 is 0 Å². The van der Waals surface area contributed by atoms with Crippen molar-refractivity contribution >= 4 is 39.9 Å². The molecule has 0 spiro atoms. The number of carbonyl (C=O) groups is 1. The van der Waals surface area contributed by atoms with Crippen LogP contribution in [-0.2, 0) is 11.3 Å². The van der Waals surface area contributed by atoms with Crippen molar-refractivity contribution in [2.45, 2.75) is 19.4 Å². The van der Waals surface area contributed by atoms with E-state index in [1.165, 1.54) is 18.2 Å². The van der Waals surface area contributed by atoms with Crippen LogP contribution in [0, 0.1) is 9.39 Å². The topological polar surface area (TPSA) is 72.9 Å². The lowest BCUT2D eigenvalue weighted by Gasteiger charge is -2.06. The molecule has 0 saturated heterocycles. The first-order chi connectivity index (χ1) is 9.54. The van der Waals surface area contributed by atoms with Gasteiger partial charge in [0.1, 0.15) is 5.82 Å². The van der Waals surface area contributed by atoms with Gasteiger partial charge in [-0.3, -0.25) is 9.48 Å². The molecule has 7 heteroatoms. The first kappa shape index (κ1) is 14.8. The molecule has 0 aliphatic heterocycles. The summed E-state index contributed by atoms with van der Waals surface area (Å²) in [6.07, 6.45) is 4.73. The quantitative estimate of drug-likeness (QED) is 0.611. The minimum Gasteiger partial charge on any atom is -0.396 e. The normalized spacial score (nSPS) is 10.5. The van der Waals surface area contributed by atoms with E-state index in [9.17, 15) is 9.18 Å². The highest BCUT2D eigenvalue weighted by Crippen LogP contribution is 2.16. The second kappa shape index (κ2) is 6.69. The SMILES string of the molecule is Nc1cc(NC(=O)CCCn2cc(I)cn2)ccc1F. The molecule has 0 fully saturated rings. The Labute approximate surface area is 129 Å². The monoisotopic (exact) mass is 388 g/mol. The number of aromatic nitrogens is 2. The molecule has 0 unspecified atom stereocenters. The standard InChI is InChI=1S/C13H14FIN4O/c14-11-4-3-10(6-12(11)16)18-13(20)2-1-5-19-8-9(15)7-17-19/h3-4,6-8H,1-2,5,16H2,(H,18,20). The summed E-state index contributed by atoms with van der Waals surface area (Å²) >= 11 is 2.18. The van der Waals surface area contributed by atoms with Gasteiger partial charge in [0, 0.05) is 24.8 Å². The maximum Gasteiger partial charge on any atom is 0.224 e. The Morgan fingerprint density at radius 3 is 2.95 bits per heavy atom. The molecule has 1 aromatic carbocycles. The molecule has 2 rings (SSSR count). The number of benzene rings is 1. The van der Waals surface area contributed by atoms with Crippen molar-refractivity contribution in [2.24, 2.45) is 0 Å². The number of nitrogen functional groups attached to an aromatic ring is 1. The maximum atomic E-state index is 13.0. The van der Waals surface area contributed by atoms with Gasteiger partial charge in [0.25, 0.3) is 0 Å². The van der Waals surface area contributed by atoms with E-state index in [1.807, 2.05) is 6.20 Å². The lowest BCUT2D eigenvalue weighted by Crippen LogP contribution is -2.13. The van der Waals surface area contributed by atoms with Crippen LogP contribution >= 0.6 is 22.6 Å². The predicted octanol–water partition coefficient (Wildman–Crippen LogP) is 2.63. The van der Waals surface area contributed by atoms with Gasteiger partial charge in [-0.15, -0.1) is 0 Å². The van der Waals surface area contributed by atoms with Crippen molar-refractivity contribution in [2.75, 3.05) is 11.1 Å². The van der Waals surface area contributed by atoms with Crippen LogP contribution < -0.4 is 11.1 Å². The van der Waals surface area contributed by atoms with Gasteiger partial charge in [0.15, 0.2) is 0 Å². The summed E-state index contributed by atoms with van der Waals surface area (Å²) in [7, 11) is 0. The average molecular weight is 388 g/mol. The number of anilines is 2. The third kappa shape index (κ3) is 4.19. The molecule has 0 bridgehead atoms. The number of carbonyl (C=O) groups excluding carboxylic acids is 1. The number of aryl methyl sites for hydroxylation is 1. The number of nitrogens with zero attached hydrogens (tertiary/aromatic N) is 2. The van der Waals surface area contributed by atoms with Crippen molar-refractivity contribution < 1.29 is 9.18 Å². The molecular formula is C13H14FIN4O. The van der Waals surface area contributed by atoms with Crippen LogP contribution in [0.15, 0.2) is 30.6 Å². The largest absolute Gasteiger partial charge is 0.396 e. The van der Waals surface area contributed by atoms with E-state index in [2.05, 4.69) is 33.0 Å². The lowest BCUT2D eigenvalue weighted by atomic mass is 10.2. The smallest absolute Gasteiger partial charge is 0.224 e. The molecule has 3 N–H and O–H groups in total. The maximum absolute atomic E-state index is 13.0. The first-order valence-electron chi connectivity index (χ1n) is 6.07. The average Bonchev–Trinajstić information content (AvgIpc) is 2.80. The van der Waals surface area contributed by atoms with E-state index in [0.717, 1.165) is 3.57 Å². The Kier molecular flexibility index (Phi) is 4.94. The van der Waals surface area contributed by atoms with Gasteiger partial charge >= 0.3 is 0 Å². The van der Waals surface area contributed by atoms with E-state index in [0.29, 0.717) is 25.1 Å². The number of hydrogen-bond donors (Lipinski definition) is 2. The fourth-order valence-corrected chi connectivity index (χ4v) is 2.15. The molecule has 0 aliphatic carbocycles. The summed E-state index contributed by atoms with van der Waals surface area (Å²) in [5.74, 6) is -0.617. The third-order valence-electron chi connectivity index (χ3n) is 2.67. The van der Waals surface area contributed by atoms with E-state index in [4.69, 9.17) is 5.73 Å². The van der Waals surface area contributed by atoms with Crippen LogP contribution in [0.3, 0.4) is 0 Å². The summed E-state index contributed by atoms with van der Waals surface area (Å²) in [5, 5.41) is 6.82. The summed E-state index contributed by atoms with van der Waals surface area (Å²) in [6.45, 7) is 0.683. The minimum absolute atomic E-state index is 0.0221. The molecule has 2 aromatic rings. The number of rotatable bonds is 5. The van der Waals surface area contributed by atoms with Gasteiger partial charge in [0.05, 0.1) is 15.5 Å². The van der Waals surface area contributed by atoms with Gasteiger partial charge < -0.3 is 11.1 Å². The summed E-state index contributed by atoms with van der Waals surface area (Å²) in [5.41, 5.74) is 5.96. The van der Waals surface area contributed by atoms with E-state index in [-0.39, 0.29) is 11.6 Å². The zero-order valence-corrected chi connectivity index (χ0v) is 12.8. The van der Waals surface area contributed by atoms with Gasteiger partial charge in [-0.1, -0.05) is 0 Å². The Bertz CT molecular complexity index is 614. The number of halogens is 2. The number of nitrogens with one attached hydrogen (secondary N) is 1. The van der Waals surface area contributed by atoms with Crippen molar-refractivity contribution in [1.82, 2.24) is 9.78 Å². The van der Waals surface area contributed by atoms with Crippen LogP contribution in [0.2, 0.25) is 0 Å². The summed E-state index contributed by atoms with van der Waals surface area (Å²) < 4.78 is 15.8. The Morgan fingerprint density at radius 1 is 1.50 bits per heavy atom. The highest BCUT2D eigenvalue weighted by Gasteiger charge is 2.05. The fraction of sp³-hybridized carbons (Fsp3) is 0.231. The zero-order chi connectivity index (χ0) is 14.5. The Hall–Kier alpha value is -1.64. The Morgan fingerprint density at radius 2 is 2.30 bits per heavy atom.